The molecular formula is C22H20N4O4S. The Morgan fingerprint density at radius 2 is 1.77 bits per heavy atom. The lowest BCUT2D eigenvalue weighted by molar-refractivity contribution is 0.102. The molecule has 0 unspecified atom stereocenters. The zero-order chi connectivity index (χ0) is 22.0. The van der Waals surface area contributed by atoms with E-state index in [-0.39, 0.29) is 16.4 Å². The van der Waals surface area contributed by atoms with E-state index in [0.717, 1.165) is 15.3 Å². The van der Waals surface area contributed by atoms with Gasteiger partial charge in [-0.25, -0.2) is 13.4 Å². The molecule has 0 spiro atoms. The summed E-state index contributed by atoms with van der Waals surface area (Å²) >= 11 is 0. The number of aromatic nitrogens is 2. The maximum atomic E-state index is 13.1. The van der Waals surface area contributed by atoms with Crippen molar-refractivity contribution in [3.8, 4) is 5.75 Å². The number of anilines is 2. The zero-order valence-corrected chi connectivity index (χ0v) is 17.7. The number of carbonyl (C=O) groups is 1. The molecule has 0 fully saturated rings. The second-order valence-corrected chi connectivity index (χ2v) is 8.72. The lowest BCUT2D eigenvalue weighted by atomic mass is 10.2. The topological polar surface area (TPSA) is 104 Å². The van der Waals surface area contributed by atoms with Gasteiger partial charge in [-0.2, -0.15) is 0 Å². The molecule has 0 atom stereocenters. The number of H-pyrrole nitrogens is 1. The third-order valence-corrected chi connectivity index (χ3v) is 6.59. The normalized spacial score (nSPS) is 11.3. The summed E-state index contributed by atoms with van der Waals surface area (Å²) in [5.41, 5.74) is 2.17. The number of ether oxygens (including phenoxy) is 1. The Labute approximate surface area is 179 Å². The summed E-state index contributed by atoms with van der Waals surface area (Å²) in [6, 6.07) is 19.9. The first-order valence-corrected chi connectivity index (χ1v) is 10.8. The van der Waals surface area contributed by atoms with Crippen LogP contribution in [0.5, 0.6) is 5.75 Å². The number of sulfonamides is 1. The number of imidazole rings is 1. The van der Waals surface area contributed by atoms with Crippen molar-refractivity contribution in [1.29, 1.82) is 0 Å². The zero-order valence-electron chi connectivity index (χ0n) is 16.9. The monoisotopic (exact) mass is 436 g/mol. The number of aromatic amines is 1. The molecule has 31 heavy (non-hydrogen) atoms. The van der Waals surface area contributed by atoms with Gasteiger partial charge in [0.2, 0.25) is 5.95 Å². The predicted octanol–water partition coefficient (Wildman–Crippen LogP) is 3.65. The Kier molecular flexibility index (Phi) is 5.35. The van der Waals surface area contributed by atoms with Crippen LogP contribution >= 0.6 is 0 Å². The maximum absolute atomic E-state index is 13.1. The Balaban J connectivity index is 1.58. The van der Waals surface area contributed by atoms with Crippen molar-refractivity contribution in [2.24, 2.45) is 0 Å². The van der Waals surface area contributed by atoms with E-state index < -0.39 is 15.9 Å². The van der Waals surface area contributed by atoms with Crippen LogP contribution in [0.25, 0.3) is 11.0 Å². The lowest BCUT2D eigenvalue weighted by Gasteiger charge is -2.20. The number of hydrogen-bond donors (Lipinski definition) is 2. The highest BCUT2D eigenvalue weighted by Crippen LogP contribution is 2.25. The van der Waals surface area contributed by atoms with Gasteiger partial charge in [0.25, 0.3) is 15.9 Å². The number of amides is 1. The highest BCUT2D eigenvalue weighted by atomic mass is 32.2. The number of para-hydroxylation sites is 2. The molecule has 0 aliphatic carbocycles. The minimum Gasteiger partial charge on any atom is -0.497 e. The van der Waals surface area contributed by atoms with E-state index in [9.17, 15) is 13.2 Å². The summed E-state index contributed by atoms with van der Waals surface area (Å²) in [5.74, 6) is 0.442. The van der Waals surface area contributed by atoms with Crippen molar-refractivity contribution in [3.05, 3.63) is 78.4 Å². The number of methoxy groups -OCH3 is 1. The standard InChI is InChI=1S/C22H20N4O4S/c1-26(16-10-12-17(30-2)13-11-16)31(28,29)18-7-5-6-15(14-18)21(27)25-22-23-19-8-3-4-9-20(19)24-22/h3-14H,1-2H3,(H2,23,24,25,27). The number of benzene rings is 3. The van der Waals surface area contributed by atoms with Crippen LogP contribution in [-0.2, 0) is 10.0 Å². The van der Waals surface area contributed by atoms with E-state index >= 15 is 0 Å². The second-order valence-electron chi connectivity index (χ2n) is 6.76. The van der Waals surface area contributed by atoms with Gasteiger partial charge >= 0.3 is 0 Å². The molecule has 0 saturated heterocycles. The minimum absolute atomic E-state index is 0.00285. The summed E-state index contributed by atoms with van der Waals surface area (Å²) in [6.45, 7) is 0. The molecule has 158 valence electrons. The summed E-state index contributed by atoms with van der Waals surface area (Å²) in [6.07, 6.45) is 0. The van der Waals surface area contributed by atoms with E-state index in [1.165, 1.54) is 32.4 Å². The Morgan fingerprint density at radius 1 is 1.03 bits per heavy atom. The lowest BCUT2D eigenvalue weighted by Crippen LogP contribution is -2.26. The van der Waals surface area contributed by atoms with Crippen LogP contribution in [0.15, 0.2) is 77.7 Å². The van der Waals surface area contributed by atoms with E-state index in [0.29, 0.717) is 11.4 Å². The average molecular weight is 436 g/mol. The fourth-order valence-electron chi connectivity index (χ4n) is 3.08. The average Bonchev–Trinajstić information content (AvgIpc) is 3.21. The number of hydrogen-bond acceptors (Lipinski definition) is 5. The number of fused-ring (bicyclic) bond motifs is 1. The molecule has 0 aliphatic rings. The third kappa shape index (κ3) is 4.08. The van der Waals surface area contributed by atoms with Crippen molar-refractivity contribution in [2.75, 3.05) is 23.8 Å². The number of nitrogens with zero attached hydrogens (tertiary/aromatic N) is 2. The van der Waals surface area contributed by atoms with Gasteiger partial charge in [-0.05, 0) is 54.6 Å². The van der Waals surface area contributed by atoms with Gasteiger partial charge in [0.05, 0.1) is 28.7 Å². The maximum Gasteiger partial charge on any atom is 0.264 e. The molecule has 2 N–H and O–H groups in total. The predicted molar refractivity (Wildman–Crippen MR) is 119 cm³/mol. The van der Waals surface area contributed by atoms with Crippen LogP contribution in [0.2, 0.25) is 0 Å². The van der Waals surface area contributed by atoms with Gasteiger partial charge in [0.1, 0.15) is 5.75 Å². The van der Waals surface area contributed by atoms with Crippen molar-refractivity contribution in [2.45, 2.75) is 4.90 Å². The molecule has 1 heterocycles. The summed E-state index contributed by atoms with van der Waals surface area (Å²) < 4.78 is 32.4. The molecule has 3 aromatic carbocycles. The molecule has 8 nitrogen and oxygen atoms in total. The van der Waals surface area contributed by atoms with Gasteiger partial charge in [0.15, 0.2) is 0 Å². The molecule has 0 radical (unpaired) electrons. The minimum atomic E-state index is -3.87. The molecule has 0 aliphatic heterocycles. The Bertz CT molecular complexity index is 1310. The smallest absolute Gasteiger partial charge is 0.264 e. The summed E-state index contributed by atoms with van der Waals surface area (Å²) in [4.78, 5) is 20.0. The van der Waals surface area contributed by atoms with Gasteiger partial charge in [0, 0.05) is 12.6 Å². The van der Waals surface area contributed by atoms with Crippen molar-refractivity contribution >= 4 is 38.6 Å². The van der Waals surface area contributed by atoms with E-state index in [1.54, 1.807) is 30.3 Å². The number of carbonyl (C=O) groups excluding carboxylic acids is 1. The van der Waals surface area contributed by atoms with Gasteiger partial charge in [-0.3, -0.25) is 14.4 Å². The fourth-order valence-corrected chi connectivity index (χ4v) is 4.32. The quantitative estimate of drug-likeness (QED) is 0.480. The van der Waals surface area contributed by atoms with E-state index in [1.807, 2.05) is 24.3 Å². The first kappa shape index (κ1) is 20.4. The van der Waals surface area contributed by atoms with Crippen molar-refractivity contribution in [3.63, 3.8) is 0 Å². The van der Waals surface area contributed by atoms with E-state index in [2.05, 4.69) is 15.3 Å². The molecule has 0 saturated carbocycles. The van der Waals surface area contributed by atoms with Crippen LogP contribution in [0, 0.1) is 0 Å². The number of rotatable bonds is 6. The molecule has 4 aromatic rings. The summed E-state index contributed by atoms with van der Waals surface area (Å²) in [7, 11) is -0.876. The molecule has 9 heteroatoms. The largest absolute Gasteiger partial charge is 0.497 e. The molecule has 4 rings (SSSR count). The highest BCUT2D eigenvalue weighted by molar-refractivity contribution is 7.92. The van der Waals surface area contributed by atoms with Crippen molar-refractivity contribution < 1.29 is 17.9 Å². The molecule has 1 aromatic heterocycles. The van der Waals surface area contributed by atoms with Crippen LogP contribution in [-0.4, -0.2) is 38.5 Å². The van der Waals surface area contributed by atoms with Gasteiger partial charge < -0.3 is 9.72 Å². The van der Waals surface area contributed by atoms with E-state index in [4.69, 9.17) is 4.74 Å². The Hall–Kier alpha value is -3.85. The highest BCUT2D eigenvalue weighted by Gasteiger charge is 2.23. The van der Waals surface area contributed by atoms with Crippen LogP contribution < -0.4 is 14.4 Å². The molecule has 0 bridgehead atoms. The summed E-state index contributed by atoms with van der Waals surface area (Å²) in [5, 5.41) is 2.67. The molecule has 1 amide bonds. The first-order chi connectivity index (χ1) is 14.9. The van der Waals surface area contributed by atoms with Crippen molar-refractivity contribution in [1.82, 2.24) is 9.97 Å². The van der Waals surface area contributed by atoms with Crippen LogP contribution in [0.3, 0.4) is 0 Å². The first-order valence-electron chi connectivity index (χ1n) is 9.37. The van der Waals surface area contributed by atoms with Gasteiger partial charge in [-0.1, -0.05) is 18.2 Å². The number of nitrogens with one attached hydrogen (secondary N) is 2. The van der Waals surface area contributed by atoms with Gasteiger partial charge in [-0.15, -0.1) is 0 Å². The third-order valence-electron chi connectivity index (χ3n) is 4.81. The SMILES string of the molecule is COc1ccc(N(C)S(=O)(=O)c2cccc(C(=O)Nc3nc4ccccc4[nH]3)c2)cc1. The van der Waals surface area contributed by atoms with Crippen LogP contribution in [0.1, 0.15) is 10.4 Å². The Morgan fingerprint density at radius 3 is 2.48 bits per heavy atom. The fraction of sp³-hybridized carbons (Fsp3) is 0.0909. The second kappa shape index (κ2) is 8.11. The molecular weight excluding hydrogens is 416 g/mol. The van der Waals surface area contributed by atoms with Crippen LogP contribution in [0.4, 0.5) is 11.6 Å².